The Hall–Kier alpha value is -0.610. The molecular formula is C10H18N2OS. The minimum Gasteiger partial charge on any atom is -0.378 e. The highest BCUT2D eigenvalue weighted by Gasteiger charge is 2.12. The number of anilines is 1. The van der Waals surface area contributed by atoms with E-state index in [1.54, 1.807) is 11.3 Å². The molecule has 0 unspecified atom stereocenters. The van der Waals surface area contributed by atoms with Crippen LogP contribution in [0.3, 0.4) is 0 Å². The van der Waals surface area contributed by atoms with Crippen LogP contribution >= 0.6 is 11.3 Å². The molecule has 1 aromatic rings. The van der Waals surface area contributed by atoms with Gasteiger partial charge in [-0.05, 0) is 6.92 Å². The summed E-state index contributed by atoms with van der Waals surface area (Å²) in [4.78, 5) is 6.56. The van der Waals surface area contributed by atoms with Crippen LogP contribution in [0.5, 0.6) is 0 Å². The Kier molecular flexibility index (Phi) is 4.90. The fraction of sp³-hybridized carbons (Fsp3) is 0.700. The van der Waals surface area contributed by atoms with Crippen LogP contribution in [-0.2, 0) is 4.74 Å². The second-order valence-corrected chi connectivity index (χ2v) is 4.03. The van der Waals surface area contributed by atoms with Crippen LogP contribution in [0.2, 0.25) is 0 Å². The minimum absolute atomic E-state index is 0.844. The molecule has 0 bridgehead atoms. The summed E-state index contributed by atoms with van der Waals surface area (Å²) in [5.41, 5.74) is 0. The van der Waals surface area contributed by atoms with Gasteiger partial charge in [-0.25, -0.2) is 4.98 Å². The van der Waals surface area contributed by atoms with Gasteiger partial charge in [-0.3, -0.25) is 0 Å². The van der Waals surface area contributed by atoms with Crippen LogP contribution in [0.4, 0.5) is 5.00 Å². The molecule has 0 spiro atoms. The standard InChI is InChI=1S/C8H12N2OS.C2H6/c1-7-9-6-8(12-7)10-2-4-11-5-3-10;1-2/h6H,2-5H2,1H3;1-2H3. The number of aromatic nitrogens is 1. The molecule has 14 heavy (non-hydrogen) atoms. The van der Waals surface area contributed by atoms with Gasteiger partial charge in [-0.1, -0.05) is 13.8 Å². The van der Waals surface area contributed by atoms with Gasteiger partial charge in [0.15, 0.2) is 0 Å². The Morgan fingerprint density at radius 3 is 2.50 bits per heavy atom. The Morgan fingerprint density at radius 2 is 2.00 bits per heavy atom. The number of thiazole rings is 1. The molecule has 2 heterocycles. The van der Waals surface area contributed by atoms with Crippen molar-refractivity contribution >= 4 is 16.3 Å². The number of nitrogens with zero attached hydrogens (tertiary/aromatic N) is 2. The zero-order chi connectivity index (χ0) is 10.4. The largest absolute Gasteiger partial charge is 0.378 e. The number of rotatable bonds is 1. The molecular weight excluding hydrogens is 196 g/mol. The average Bonchev–Trinajstić information content (AvgIpc) is 2.69. The van der Waals surface area contributed by atoms with Crippen molar-refractivity contribution in [1.29, 1.82) is 0 Å². The maximum Gasteiger partial charge on any atom is 0.111 e. The molecule has 0 amide bonds. The van der Waals surface area contributed by atoms with E-state index < -0.39 is 0 Å². The fourth-order valence-electron chi connectivity index (χ4n) is 1.28. The molecule has 1 fully saturated rings. The Balaban J connectivity index is 0.000000461. The lowest BCUT2D eigenvalue weighted by atomic mass is 10.4. The van der Waals surface area contributed by atoms with Crippen LogP contribution in [-0.4, -0.2) is 31.3 Å². The number of morpholine rings is 1. The first-order chi connectivity index (χ1) is 6.86. The quantitative estimate of drug-likeness (QED) is 0.717. The molecule has 4 heteroatoms. The summed E-state index contributed by atoms with van der Waals surface area (Å²) in [5.74, 6) is 0. The number of aryl methyl sites for hydroxylation is 1. The first kappa shape index (κ1) is 11.5. The topological polar surface area (TPSA) is 25.4 Å². The van der Waals surface area contributed by atoms with Gasteiger partial charge in [0.05, 0.1) is 24.4 Å². The van der Waals surface area contributed by atoms with E-state index in [2.05, 4.69) is 9.88 Å². The smallest absolute Gasteiger partial charge is 0.111 e. The van der Waals surface area contributed by atoms with Crippen molar-refractivity contribution in [2.45, 2.75) is 20.8 Å². The third kappa shape index (κ3) is 2.96. The lowest BCUT2D eigenvalue weighted by Crippen LogP contribution is -2.35. The first-order valence-electron chi connectivity index (χ1n) is 5.11. The van der Waals surface area contributed by atoms with E-state index >= 15 is 0 Å². The third-order valence-electron chi connectivity index (χ3n) is 1.93. The molecule has 80 valence electrons. The lowest BCUT2D eigenvalue weighted by molar-refractivity contribution is 0.123. The molecule has 1 saturated heterocycles. The van der Waals surface area contributed by atoms with Gasteiger partial charge in [0.25, 0.3) is 0 Å². The van der Waals surface area contributed by atoms with Crippen LogP contribution in [0.25, 0.3) is 0 Å². The molecule has 2 rings (SSSR count). The van der Waals surface area contributed by atoms with Crippen molar-refractivity contribution in [2.24, 2.45) is 0 Å². The Morgan fingerprint density at radius 1 is 1.36 bits per heavy atom. The van der Waals surface area contributed by atoms with Gasteiger partial charge >= 0.3 is 0 Å². The van der Waals surface area contributed by atoms with Gasteiger partial charge in [0, 0.05) is 13.1 Å². The third-order valence-corrected chi connectivity index (χ3v) is 2.91. The molecule has 1 aromatic heterocycles. The van der Waals surface area contributed by atoms with Crippen molar-refractivity contribution in [3.05, 3.63) is 11.2 Å². The maximum atomic E-state index is 5.27. The van der Waals surface area contributed by atoms with Crippen molar-refractivity contribution in [1.82, 2.24) is 4.98 Å². The molecule has 0 radical (unpaired) electrons. The van der Waals surface area contributed by atoms with Gasteiger partial charge in [-0.15, -0.1) is 11.3 Å². The highest BCUT2D eigenvalue weighted by atomic mass is 32.1. The van der Waals surface area contributed by atoms with Crippen LogP contribution in [0, 0.1) is 6.92 Å². The van der Waals surface area contributed by atoms with Gasteiger partial charge < -0.3 is 9.64 Å². The SMILES string of the molecule is CC.Cc1ncc(N2CCOCC2)s1. The molecule has 0 aromatic carbocycles. The first-order valence-corrected chi connectivity index (χ1v) is 5.93. The Labute approximate surface area is 89.7 Å². The van der Waals surface area contributed by atoms with Gasteiger partial charge in [-0.2, -0.15) is 0 Å². The monoisotopic (exact) mass is 214 g/mol. The van der Waals surface area contributed by atoms with Crippen molar-refractivity contribution in [2.75, 3.05) is 31.2 Å². The number of hydrogen-bond acceptors (Lipinski definition) is 4. The van der Waals surface area contributed by atoms with E-state index in [0.717, 1.165) is 31.3 Å². The summed E-state index contributed by atoms with van der Waals surface area (Å²) in [5, 5.41) is 2.41. The van der Waals surface area contributed by atoms with E-state index in [-0.39, 0.29) is 0 Å². The average molecular weight is 214 g/mol. The van der Waals surface area contributed by atoms with Crippen molar-refractivity contribution in [3.8, 4) is 0 Å². The molecule has 0 atom stereocenters. The molecule has 0 saturated carbocycles. The van der Waals surface area contributed by atoms with Crippen LogP contribution in [0.15, 0.2) is 6.20 Å². The molecule has 1 aliphatic heterocycles. The van der Waals surface area contributed by atoms with E-state index in [4.69, 9.17) is 4.74 Å². The predicted molar refractivity (Wildman–Crippen MR) is 61.2 cm³/mol. The van der Waals surface area contributed by atoms with Gasteiger partial charge in [0.2, 0.25) is 0 Å². The highest BCUT2D eigenvalue weighted by molar-refractivity contribution is 7.15. The van der Waals surface area contributed by atoms with Crippen molar-refractivity contribution in [3.63, 3.8) is 0 Å². The molecule has 1 aliphatic rings. The lowest BCUT2D eigenvalue weighted by Gasteiger charge is -2.26. The molecule has 0 N–H and O–H groups in total. The van der Waals surface area contributed by atoms with Crippen LogP contribution < -0.4 is 4.90 Å². The van der Waals surface area contributed by atoms with Gasteiger partial charge in [0.1, 0.15) is 5.00 Å². The zero-order valence-corrected chi connectivity index (χ0v) is 9.93. The summed E-state index contributed by atoms with van der Waals surface area (Å²) in [6, 6.07) is 0. The van der Waals surface area contributed by atoms with E-state index in [1.165, 1.54) is 5.00 Å². The zero-order valence-electron chi connectivity index (χ0n) is 9.12. The summed E-state index contributed by atoms with van der Waals surface area (Å²) in [6.07, 6.45) is 1.95. The second kappa shape index (κ2) is 5.98. The number of hydrogen-bond donors (Lipinski definition) is 0. The van der Waals surface area contributed by atoms with E-state index in [1.807, 2.05) is 27.0 Å². The molecule has 0 aliphatic carbocycles. The summed E-state index contributed by atoms with van der Waals surface area (Å²) in [7, 11) is 0. The predicted octanol–water partition coefficient (Wildman–Crippen LogP) is 2.31. The highest BCUT2D eigenvalue weighted by Crippen LogP contribution is 2.23. The maximum absolute atomic E-state index is 5.27. The van der Waals surface area contributed by atoms with Crippen LogP contribution in [0.1, 0.15) is 18.9 Å². The van der Waals surface area contributed by atoms with Crippen molar-refractivity contribution < 1.29 is 4.74 Å². The van der Waals surface area contributed by atoms with E-state index in [9.17, 15) is 0 Å². The summed E-state index contributed by atoms with van der Waals surface area (Å²) >= 11 is 1.75. The fourth-order valence-corrected chi connectivity index (χ4v) is 2.11. The second-order valence-electron chi connectivity index (χ2n) is 2.82. The Bertz CT molecular complexity index is 256. The molecule has 3 nitrogen and oxygen atoms in total. The number of ether oxygens (including phenoxy) is 1. The summed E-state index contributed by atoms with van der Waals surface area (Å²) in [6.45, 7) is 9.73. The summed E-state index contributed by atoms with van der Waals surface area (Å²) < 4.78 is 5.27. The van der Waals surface area contributed by atoms with E-state index in [0.29, 0.717) is 0 Å². The normalized spacial score (nSPS) is 16.1. The minimum atomic E-state index is 0.844.